The Hall–Kier alpha value is -2.20. The van der Waals surface area contributed by atoms with E-state index in [2.05, 4.69) is 0 Å². The summed E-state index contributed by atoms with van der Waals surface area (Å²) in [6.45, 7) is 0. The first-order valence-corrected chi connectivity index (χ1v) is 9.29. The quantitative estimate of drug-likeness (QED) is 0.475. The van der Waals surface area contributed by atoms with Crippen molar-refractivity contribution in [1.29, 1.82) is 0 Å². The number of benzene rings is 1. The summed E-state index contributed by atoms with van der Waals surface area (Å²) >= 11 is 0. The molecule has 3 rings (SSSR count). The van der Waals surface area contributed by atoms with E-state index in [1.165, 1.54) is 6.26 Å². The van der Waals surface area contributed by atoms with E-state index in [0.29, 0.717) is 0 Å². The maximum Gasteiger partial charge on any atom is 0.175 e. The fourth-order valence-corrected chi connectivity index (χ4v) is 2.59. The molecule has 5 heteroatoms. The summed E-state index contributed by atoms with van der Waals surface area (Å²) in [6, 6.07) is 16.5. The molecule has 0 atom stereocenters. The van der Waals surface area contributed by atoms with Crippen molar-refractivity contribution in [1.82, 2.24) is 0 Å². The third-order valence-electron chi connectivity index (χ3n) is 3.26. The van der Waals surface area contributed by atoms with Crippen LogP contribution in [0.1, 0.15) is 5.56 Å². The van der Waals surface area contributed by atoms with Crippen molar-refractivity contribution in [3.63, 3.8) is 0 Å². The van der Waals surface area contributed by atoms with Gasteiger partial charge in [-0.25, -0.2) is 20.6 Å². The maximum atomic E-state index is 11.3. The molecule has 1 aliphatic rings. The fourth-order valence-electron chi connectivity index (χ4n) is 1.96. The minimum Gasteiger partial charge on any atom is -0.507 e. The van der Waals surface area contributed by atoms with Gasteiger partial charge in [0.25, 0.3) is 0 Å². The monoisotopic (exact) mass is 395 g/mol. The molecule has 1 aliphatic carbocycles. The SMILES string of the molecule is CS(=O)(=O)c1ccc(C=CC(O)=C2C=CC=C2)cc1.[Fe].c1cc[cH-]c1. The first-order chi connectivity index (χ1) is 11.5. The second-order valence-electron chi connectivity index (χ2n) is 5.20. The average molecular weight is 395 g/mol. The van der Waals surface area contributed by atoms with Gasteiger partial charge in [-0.15, -0.1) is 0 Å². The van der Waals surface area contributed by atoms with Crippen LogP contribution in [-0.2, 0) is 26.9 Å². The summed E-state index contributed by atoms with van der Waals surface area (Å²) in [5.41, 5.74) is 1.58. The zero-order chi connectivity index (χ0) is 17.4. The standard InChI is InChI=1S/C15H14O3S.C5H5.Fe/c1-19(17,18)14-9-6-12(7-10-14)8-11-15(16)13-4-2-3-5-13;1-2-4-5-3-1;/h2-11,16H,1H3;1-5H;/q;-1;. The summed E-state index contributed by atoms with van der Waals surface area (Å²) in [4.78, 5) is 0.286. The summed E-state index contributed by atoms with van der Waals surface area (Å²) in [5, 5.41) is 9.79. The molecule has 0 aliphatic heterocycles. The molecular formula is C20H19FeO3S-. The van der Waals surface area contributed by atoms with Crippen LogP contribution in [0.5, 0.6) is 0 Å². The first-order valence-electron chi connectivity index (χ1n) is 7.40. The summed E-state index contributed by atoms with van der Waals surface area (Å²) < 4.78 is 22.6. The van der Waals surface area contributed by atoms with Crippen LogP contribution in [0.25, 0.3) is 6.08 Å². The molecule has 2 aromatic rings. The number of hydrogen-bond acceptors (Lipinski definition) is 3. The van der Waals surface area contributed by atoms with Crippen LogP contribution >= 0.6 is 0 Å². The molecule has 0 radical (unpaired) electrons. The van der Waals surface area contributed by atoms with E-state index in [0.717, 1.165) is 11.1 Å². The van der Waals surface area contributed by atoms with Crippen LogP contribution in [0.15, 0.2) is 101 Å². The zero-order valence-electron chi connectivity index (χ0n) is 13.7. The van der Waals surface area contributed by atoms with Crippen LogP contribution in [0, 0.1) is 0 Å². The molecule has 0 aromatic heterocycles. The molecule has 0 spiro atoms. The largest absolute Gasteiger partial charge is 0.507 e. The van der Waals surface area contributed by atoms with Gasteiger partial charge in [0, 0.05) is 28.9 Å². The Bertz CT molecular complexity index is 838. The van der Waals surface area contributed by atoms with E-state index in [1.807, 2.05) is 54.6 Å². The molecule has 0 fully saturated rings. The van der Waals surface area contributed by atoms with E-state index < -0.39 is 9.84 Å². The van der Waals surface area contributed by atoms with Crippen LogP contribution in [0.3, 0.4) is 0 Å². The van der Waals surface area contributed by atoms with E-state index in [4.69, 9.17) is 0 Å². The van der Waals surface area contributed by atoms with Gasteiger partial charge in [0.15, 0.2) is 9.84 Å². The minimum absolute atomic E-state index is 0. The molecule has 0 bridgehead atoms. The molecule has 0 unspecified atom stereocenters. The fraction of sp³-hybridized carbons (Fsp3) is 0.0500. The Labute approximate surface area is 159 Å². The van der Waals surface area contributed by atoms with Crippen molar-refractivity contribution in [3.8, 4) is 0 Å². The first kappa shape index (κ1) is 20.8. The maximum absolute atomic E-state index is 11.3. The van der Waals surface area contributed by atoms with Crippen molar-refractivity contribution in [2.45, 2.75) is 4.90 Å². The van der Waals surface area contributed by atoms with Gasteiger partial charge in [0.05, 0.1) is 4.90 Å². The van der Waals surface area contributed by atoms with Gasteiger partial charge < -0.3 is 5.11 Å². The summed E-state index contributed by atoms with van der Waals surface area (Å²) in [7, 11) is -3.17. The number of sulfone groups is 1. The molecule has 132 valence electrons. The normalized spacial score (nSPS) is 12.6. The van der Waals surface area contributed by atoms with Crippen molar-refractivity contribution in [3.05, 3.63) is 102 Å². The van der Waals surface area contributed by atoms with Gasteiger partial charge in [0.1, 0.15) is 5.76 Å². The van der Waals surface area contributed by atoms with Gasteiger partial charge in [-0.05, 0) is 23.8 Å². The predicted octanol–water partition coefficient (Wildman–Crippen LogP) is 4.44. The van der Waals surface area contributed by atoms with Crippen LogP contribution in [-0.4, -0.2) is 19.8 Å². The molecule has 2 aromatic carbocycles. The topological polar surface area (TPSA) is 54.4 Å². The van der Waals surface area contributed by atoms with E-state index >= 15 is 0 Å². The molecule has 0 amide bonds. The minimum atomic E-state index is -3.17. The molecular weight excluding hydrogens is 376 g/mol. The van der Waals surface area contributed by atoms with Gasteiger partial charge in [-0.2, -0.15) is 18.2 Å². The number of hydrogen-bond donors (Lipinski definition) is 1. The second kappa shape index (κ2) is 9.94. The molecule has 0 saturated carbocycles. The van der Waals surface area contributed by atoms with Gasteiger partial charge in [0.2, 0.25) is 0 Å². The second-order valence-corrected chi connectivity index (χ2v) is 7.21. The molecule has 0 heterocycles. The van der Waals surface area contributed by atoms with Crippen LogP contribution in [0.2, 0.25) is 0 Å². The Morgan fingerprint density at radius 1 is 1.04 bits per heavy atom. The van der Waals surface area contributed by atoms with E-state index in [1.54, 1.807) is 36.4 Å². The smallest absolute Gasteiger partial charge is 0.175 e. The number of aliphatic hydroxyl groups excluding tert-OH is 1. The number of allylic oxidation sites excluding steroid dienone is 6. The van der Waals surface area contributed by atoms with Crippen LogP contribution in [0.4, 0.5) is 0 Å². The Morgan fingerprint density at radius 2 is 1.60 bits per heavy atom. The molecule has 25 heavy (non-hydrogen) atoms. The third kappa shape index (κ3) is 7.06. The Kier molecular flexibility index (Phi) is 8.29. The van der Waals surface area contributed by atoms with Crippen molar-refractivity contribution in [2.75, 3.05) is 6.26 Å². The molecule has 3 nitrogen and oxygen atoms in total. The molecule has 0 saturated heterocycles. The summed E-state index contributed by atoms with van der Waals surface area (Å²) in [5.74, 6) is 0.178. The number of rotatable bonds is 3. The van der Waals surface area contributed by atoms with E-state index in [9.17, 15) is 13.5 Å². The van der Waals surface area contributed by atoms with Crippen molar-refractivity contribution < 1.29 is 30.6 Å². The number of aliphatic hydroxyl groups is 1. The zero-order valence-corrected chi connectivity index (χ0v) is 15.6. The van der Waals surface area contributed by atoms with Gasteiger partial charge in [-0.3, -0.25) is 0 Å². The average Bonchev–Trinajstić information content (AvgIpc) is 3.27. The van der Waals surface area contributed by atoms with Crippen molar-refractivity contribution in [2.24, 2.45) is 0 Å². The van der Waals surface area contributed by atoms with Crippen LogP contribution < -0.4 is 0 Å². The van der Waals surface area contributed by atoms with E-state index in [-0.39, 0.29) is 27.7 Å². The van der Waals surface area contributed by atoms with Gasteiger partial charge >= 0.3 is 0 Å². The Balaban J connectivity index is 0.000000448. The van der Waals surface area contributed by atoms with Crippen molar-refractivity contribution >= 4 is 15.9 Å². The molecule has 1 N–H and O–H groups in total. The Morgan fingerprint density at radius 3 is 2.04 bits per heavy atom. The summed E-state index contributed by atoms with van der Waals surface area (Å²) in [6.07, 6.45) is 11.8. The van der Waals surface area contributed by atoms with Gasteiger partial charge in [-0.1, -0.05) is 42.5 Å². The third-order valence-corrected chi connectivity index (χ3v) is 4.38. The predicted molar refractivity (Wildman–Crippen MR) is 98.6 cm³/mol.